The molecule has 3 N–H and O–H groups in total. The lowest BCUT2D eigenvalue weighted by Gasteiger charge is -2.16. The fraction of sp³-hybridized carbons (Fsp3) is 0.182. The first kappa shape index (κ1) is 21.0. The molecule has 3 heteroatoms. The Balaban J connectivity index is 0.000000381. The van der Waals surface area contributed by atoms with Crippen LogP contribution in [0.25, 0.3) is 0 Å². The van der Waals surface area contributed by atoms with E-state index in [-0.39, 0.29) is 6.04 Å². The van der Waals surface area contributed by atoms with Gasteiger partial charge in [-0.05, 0) is 43.5 Å². The predicted octanol–water partition coefficient (Wildman–Crippen LogP) is 5.60. The van der Waals surface area contributed by atoms with E-state index in [2.05, 4.69) is 54.6 Å². The van der Waals surface area contributed by atoms with Crippen molar-refractivity contribution in [1.82, 2.24) is 4.72 Å². The van der Waals surface area contributed by atoms with E-state index in [0.717, 1.165) is 0 Å². The minimum absolute atomic E-state index is 0.178. The lowest BCUT2D eigenvalue weighted by atomic mass is 10.1. The molecule has 0 spiro atoms. The third kappa shape index (κ3) is 9.11. The van der Waals surface area contributed by atoms with Gasteiger partial charge in [0.25, 0.3) is 0 Å². The van der Waals surface area contributed by atoms with Gasteiger partial charge >= 0.3 is 0 Å². The van der Waals surface area contributed by atoms with Gasteiger partial charge in [-0.25, -0.2) is 0 Å². The SMILES string of the molecule is C=C/C=C\C=C/C.Cc1ccc(SNC(CN)c2ccccc2)cc1. The van der Waals surface area contributed by atoms with Crippen LogP contribution in [-0.4, -0.2) is 6.54 Å². The van der Waals surface area contributed by atoms with E-state index in [1.54, 1.807) is 18.0 Å². The molecular weight excluding hydrogens is 324 g/mol. The van der Waals surface area contributed by atoms with Gasteiger partial charge in [0.2, 0.25) is 0 Å². The van der Waals surface area contributed by atoms with E-state index in [9.17, 15) is 0 Å². The monoisotopic (exact) mass is 352 g/mol. The van der Waals surface area contributed by atoms with E-state index in [1.807, 2.05) is 49.4 Å². The highest BCUT2D eigenvalue weighted by Crippen LogP contribution is 2.20. The van der Waals surface area contributed by atoms with Gasteiger partial charge in [-0.2, -0.15) is 0 Å². The molecule has 0 saturated carbocycles. The van der Waals surface area contributed by atoms with Crippen molar-refractivity contribution in [2.75, 3.05) is 6.54 Å². The number of nitrogens with one attached hydrogen (secondary N) is 1. The van der Waals surface area contributed by atoms with Crippen molar-refractivity contribution in [3.63, 3.8) is 0 Å². The summed E-state index contributed by atoms with van der Waals surface area (Å²) >= 11 is 1.63. The van der Waals surface area contributed by atoms with Crippen LogP contribution in [0.3, 0.4) is 0 Å². The highest BCUT2D eigenvalue weighted by Gasteiger charge is 2.08. The smallest absolute Gasteiger partial charge is 0.0547 e. The van der Waals surface area contributed by atoms with Crippen molar-refractivity contribution in [3.8, 4) is 0 Å². The van der Waals surface area contributed by atoms with Gasteiger partial charge in [-0.15, -0.1) is 0 Å². The average Bonchev–Trinajstić information content (AvgIpc) is 2.66. The molecule has 1 atom stereocenters. The van der Waals surface area contributed by atoms with E-state index in [0.29, 0.717) is 6.54 Å². The summed E-state index contributed by atoms with van der Waals surface area (Å²) in [5, 5.41) is 0. The highest BCUT2D eigenvalue weighted by atomic mass is 32.2. The Labute approximate surface area is 156 Å². The number of aryl methyl sites for hydroxylation is 1. The molecule has 1 unspecified atom stereocenters. The predicted molar refractivity (Wildman–Crippen MR) is 113 cm³/mol. The summed E-state index contributed by atoms with van der Waals surface area (Å²) in [6.45, 7) is 8.17. The number of hydrogen-bond acceptors (Lipinski definition) is 3. The van der Waals surface area contributed by atoms with Gasteiger partial charge in [0, 0.05) is 11.4 Å². The van der Waals surface area contributed by atoms with E-state index >= 15 is 0 Å². The van der Waals surface area contributed by atoms with Crippen molar-refractivity contribution in [2.45, 2.75) is 24.8 Å². The number of hydrogen-bond donors (Lipinski definition) is 2. The molecule has 2 nitrogen and oxygen atoms in total. The first-order valence-corrected chi connectivity index (χ1v) is 9.17. The van der Waals surface area contributed by atoms with Gasteiger partial charge < -0.3 is 5.73 Å². The Morgan fingerprint density at radius 1 is 1.04 bits per heavy atom. The van der Waals surface area contributed by atoms with E-state index in [4.69, 9.17) is 5.73 Å². The van der Waals surface area contributed by atoms with Gasteiger partial charge in [0.1, 0.15) is 0 Å². The molecule has 132 valence electrons. The van der Waals surface area contributed by atoms with E-state index < -0.39 is 0 Å². The van der Waals surface area contributed by atoms with Crippen LogP contribution in [0.1, 0.15) is 24.1 Å². The second-order valence-corrected chi connectivity index (χ2v) is 6.29. The molecule has 0 fully saturated rings. The number of benzene rings is 2. The minimum Gasteiger partial charge on any atom is -0.329 e. The Morgan fingerprint density at radius 2 is 1.72 bits per heavy atom. The maximum Gasteiger partial charge on any atom is 0.0547 e. The molecule has 0 aliphatic carbocycles. The van der Waals surface area contributed by atoms with Crippen LogP contribution < -0.4 is 10.5 Å². The summed E-state index contributed by atoms with van der Waals surface area (Å²) < 4.78 is 3.41. The standard InChI is InChI=1S/C15H18N2S.C7H10/c1-12-7-9-14(10-8-12)18-17-15(11-16)13-5-3-2-4-6-13;1-3-5-7-6-4-2/h2-10,15,17H,11,16H2,1H3;3-7H,1H2,2H3/b;6-4-,7-5-. The Kier molecular flexibility index (Phi) is 11.1. The summed E-state index contributed by atoms with van der Waals surface area (Å²) in [5.41, 5.74) is 8.31. The van der Waals surface area contributed by atoms with Crippen LogP contribution in [0, 0.1) is 6.92 Å². The summed E-state index contributed by atoms with van der Waals surface area (Å²) in [4.78, 5) is 1.20. The number of nitrogens with two attached hydrogens (primary N) is 1. The van der Waals surface area contributed by atoms with Crippen LogP contribution in [0.2, 0.25) is 0 Å². The Hall–Kier alpha value is -2.07. The topological polar surface area (TPSA) is 38.0 Å². The molecule has 0 aliphatic rings. The third-order valence-corrected chi connectivity index (χ3v) is 4.24. The normalized spacial score (nSPS) is 12.0. The summed E-state index contributed by atoms with van der Waals surface area (Å²) in [7, 11) is 0. The van der Waals surface area contributed by atoms with Crippen molar-refractivity contribution >= 4 is 11.9 Å². The van der Waals surface area contributed by atoms with E-state index in [1.165, 1.54) is 16.0 Å². The molecule has 0 radical (unpaired) electrons. The first-order chi connectivity index (χ1) is 12.2. The molecule has 0 saturated heterocycles. The second kappa shape index (κ2) is 13.2. The maximum atomic E-state index is 5.82. The lowest BCUT2D eigenvalue weighted by Crippen LogP contribution is -2.23. The molecule has 0 heterocycles. The van der Waals surface area contributed by atoms with Crippen molar-refractivity contribution in [1.29, 1.82) is 0 Å². The largest absolute Gasteiger partial charge is 0.329 e. The van der Waals surface area contributed by atoms with Crippen molar-refractivity contribution in [3.05, 3.63) is 103 Å². The molecule has 0 aromatic heterocycles. The van der Waals surface area contributed by atoms with Crippen molar-refractivity contribution < 1.29 is 0 Å². The zero-order valence-corrected chi connectivity index (χ0v) is 15.9. The molecule has 0 aliphatic heterocycles. The molecule has 2 rings (SSSR count). The lowest BCUT2D eigenvalue weighted by molar-refractivity contribution is 0.687. The van der Waals surface area contributed by atoms with Crippen molar-refractivity contribution in [2.24, 2.45) is 5.73 Å². The van der Waals surface area contributed by atoms with Crippen LogP contribution >= 0.6 is 11.9 Å². The summed E-state index contributed by atoms with van der Waals surface area (Å²) in [6, 6.07) is 18.9. The molecular formula is C22H28N2S. The third-order valence-electron chi connectivity index (χ3n) is 3.33. The first-order valence-electron chi connectivity index (χ1n) is 8.35. The van der Waals surface area contributed by atoms with Crippen LogP contribution in [0.4, 0.5) is 0 Å². The Bertz CT molecular complexity index is 645. The molecule has 25 heavy (non-hydrogen) atoms. The zero-order valence-electron chi connectivity index (χ0n) is 15.1. The van der Waals surface area contributed by atoms with Crippen LogP contribution in [0.5, 0.6) is 0 Å². The molecule has 0 bridgehead atoms. The number of allylic oxidation sites excluding steroid dienone is 5. The van der Waals surface area contributed by atoms with Crippen LogP contribution in [-0.2, 0) is 0 Å². The quantitative estimate of drug-likeness (QED) is 0.503. The average molecular weight is 353 g/mol. The molecule has 2 aromatic rings. The minimum atomic E-state index is 0.178. The van der Waals surface area contributed by atoms with Gasteiger partial charge in [-0.1, -0.05) is 85.0 Å². The number of rotatable bonds is 7. The Morgan fingerprint density at radius 3 is 2.28 bits per heavy atom. The van der Waals surface area contributed by atoms with Crippen LogP contribution in [0.15, 0.2) is 96.5 Å². The fourth-order valence-electron chi connectivity index (χ4n) is 1.94. The van der Waals surface area contributed by atoms with Gasteiger partial charge in [0.15, 0.2) is 0 Å². The van der Waals surface area contributed by atoms with Gasteiger partial charge in [0.05, 0.1) is 6.04 Å². The molecule has 0 amide bonds. The summed E-state index contributed by atoms with van der Waals surface area (Å²) in [6.07, 6.45) is 9.51. The molecule has 2 aromatic carbocycles. The fourth-order valence-corrected chi connectivity index (χ4v) is 2.72. The van der Waals surface area contributed by atoms with Gasteiger partial charge in [-0.3, -0.25) is 4.72 Å². The zero-order chi connectivity index (χ0) is 18.3. The summed E-state index contributed by atoms with van der Waals surface area (Å²) in [5.74, 6) is 0. The second-order valence-electron chi connectivity index (χ2n) is 5.38. The maximum absolute atomic E-state index is 5.82. The highest BCUT2D eigenvalue weighted by molar-refractivity contribution is 7.97.